The van der Waals surface area contributed by atoms with Gasteiger partial charge in [-0.3, -0.25) is 9.59 Å². The summed E-state index contributed by atoms with van der Waals surface area (Å²) in [5, 5.41) is 1.05. The number of para-hydroxylation sites is 1. The first kappa shape index (κ1) is 21.9. The predicted molar refractivity (Wildman–Crippen MR) is 129 cm³/mol. The van der Waals surface area contributed by atoms with Crippen molar-refractivity contribution in [2.45, 2.75) is 33.2 Å². The highest BCUT2D eigenvalue weighted by atomic mass is 16.5. The standard InChI is InChI=1S/C26H31N3O3/c1-4-29-24-16-21(10-11-22(24)23(19(2)3)17-25(29)30)32-18-26(31)28-14-12-27(13-15-28)20-8-6-5-7-9-20/h5-11,16-17,19H,4,12-15,18H2,1-3H3. The zero-order chi connectivity index (χ0) is 22.7. The summed E-state index contributed by atoms with van der Waals surface area (Å²) in [5.74, 6) is 0.845. The first-order valence-corrected chi connectivity index (χ1v) is 11.4. The summed E-state index contributed by atoms with van der Waals surface area (Å²) in [4.78, 5) is 29.4. The molecule has 1 saturated heterocycles. The fraction of sp³-hybridized carbons (Fsp3) is 0.385. The van der Waals surface area contributed by atoms with Crippen LogP contribution in [0.25, 0.3) is 10.9 Å². The molecular formula is C26H31N3O3. The first-order valence-electron chi connectivity index (χ1n) is 11.4. The quantitative estimate of drug-likeness (QED) is 0.592. The van der Waals surface area contributed by atoms with E-state index in [0.717, 1.165) is 29.6 Å². The Morgan fingerprint density at radius 1 is 1.00 bits per heavy atom. The molecule has 2 heterocycles. The van der Waals surface area contributed by atoms with Crippen LogP contribution in [0.3, 0.4) is 0 Å². The molecule has 3 aromatic rings. The molecule has 6 heteroatoms. The highest BCUT2D eigenvalue weighted by Crippen LogP contribution is 2.27. The molecule has 2 aromatic carbocycles. The van der Waals surface area contributed by atoms with Gasteiger partial charge in [0.15, 0.2) is 6.61 Å². The number of nitrogens with zero attached hydrogens (tertiary/aromatic N) is 3. The fourth-order valence-corrected chi connectivity index (χ4v) is 4.37. The molecule has 1 amide bonds. The van der Waals surface area contributed by atoms with Gasteiger partial charge in [-0.15, -0.1) is 0 Å². The van der Waals surface area contributed by atoms with Crippen LogP contribution in [0.15, 0.2) is 59.4 Å². The van der Waals surface area contributed by atoms with Gasteiger partial charge in [0.2, 0.25) is 0 Å². The number of hydrogen-bond acceptors (Lipinski definition) is 4. The normalized spacial score (nSPS) is 14.2. The van der Waals surface area contributed by atoms with Crippen LogP contribution in [-0.2, 0) is 11.3 Å². The molecule has 6 nitrogen and oxygen atoms in total. The van der Waals surface area contributed by atoms with Gasteiger partial charge in [-0.1, -0.05) is 32.0 Å². The van der Waals surface area contributed by atoms with Crippen molar-refractivity contribution in [2.75, 3.05) is 37.7 Å². The summed E-state index contributed by atoms with van der Waals surface area (Å²) >= 11 is 0. The number of benzene rings is 2. The number of carbonyl (C=O) groups excluding carboxylic acids is 1. The molecule has 0 saturated carbocycles. The van der Waals surface area contributed by atoms with Gasteiger partial charge in [0.05, 0.1) is 5.52 Å². The molecule has 32 heavy (non-hydrogen) atoms. The maximum absolute atomic E-state index is 12.7. The molecule has 1 aliphatic rings. The first-order chi connectivity index (χ1) is 15.5. The Labute approximate surface area is 189 Å². The highest BCUT2D eigenvalue weighted by molar-refractivity contribution is 5.85. The van der Waals surface area contributed by atoms with Crippen LogP contribution < -0.4 is 15.2 Å². The molecule has 0 bridgehead atoms. The number of aromatic nitrogens is 1. The monoisotopic (exact) mass is 433 g/mol. The largest absolute Gasteiger partial charge is 0.484 e. The van der Waals surface area contributed by atoms with Crippen molar-refractivity contribution >= 4 is 22.5 Å². The SMILES string of the molecule is CCn1c(=O)cc(C(C)C)c2ccc(OCC(=O)N3CCN(c4ccccc4)CC3)cc21. The lowest BCUT2D eigenvalue weighted by atomic mass is 9.98. The minimum absolute atomic E-state index is 0.00290. The number of carbonyl (C=O) groups is 1. The van der Waals surface area contributed by atoms with E-state index < -0.39 is 0 Å². The van der Waals surface area contributed by atoms with Crippen molar-refractivity contribution in [1.29, 1.82) is 0 Å². The van der Waals surface area contributed by atoms with Gasteiger partial charge in [-0.25, -0.2) is 0 Å². The second-order valence-electron chi connectivity index (χ2n) is 8.51. The lowest BCUT2D eigenvalue weighted by Gasteiger charge is -2.36. The number of anilines is 1. The molecule has 0 radical (unpaired) electrons. The van der Waals surface area contributed by atoms with E-state index in [9.17, 15) is 9.59 Å². The van der Waals surface area contributed by atoms with E-state index in [4.69, 9.17) is 4.74 Å². The summed E-state index contributed by atoms with van der Waals surface area (Å²) in [7, 11) is 0. The Morgan fingerprint density at radius 3 is 2.38 bits per heavy atom. The van der Waals surface area contributed by atoms with Crippen LogP contribution in [-0.4, -0.2) is 48.2 Å². The second kappa shape index (κ2) is 9.47. The van der Waals surface area contributed by atoms with Gasteiger partial charge in [0.25, 0.3) is 11.5 Å². The Kier molecular flexibility index (Phi) is 6.49. The van der Waals surface area contributed by atoms with Crippen LogP contribution in [0.1, 0.15) is 32.3 Å². The molecule has 168 valence electrons. The van der Waals surface area contributed by atoms with Gasteiger partial charge >= 0.3 is 0 Å². The number of rotatable bonds is 6. The summed E-state index contributed by atoms with van der Waals surface area (Å²) in [6.07, 6.45) is 0. The average Bonchev–Trinajstić information content (AvgIpc) is 2.82. The molecule has 4 rings (SSSR count). The Bertz CT molecular complexity index is 1150. The van der Waals surface area contributed by atoms with Crippen molar-refractivity contribution in [2.24, 2.45) is 0 Å². The van der Waals surface area contributed by atoms with Crippen LogP contribution >= 0.6 is 0 Å². The second-order valence-corrected chi connectivity index (χ2v) is 8.51. The molecular weight excluding hydrogens is 402 g/mol. The van der Waals surface area contributed by atoms with E-state index in [0.29, 0.717) is 25.4 Å². The smallest absolute Gasteiger partial charge is 0.260 e. The summed E-state index contributed by atoms with van der Waals surface area (Å²) in [5.41, 5.74) is 3.07. The highest BCUT2D eigenvalue weighted by Gasteiger charge is 2.21. The molecule has 1 aliphatic heterocycles. The zero-order valence-corrected chi connectivity index (χ0v) is 19.1. The number of ether oxygens (including phenoxy) is 1. The van der Waals surface area contributed by atoms with E-state index in [1.54, 1.807) is 10.6 Å². The molecule has 1 aromatic heterocycles. The number of aryl methyl sites for hydroxylation is 1. The number of piperazine rings is 1. The van der Waals surface area contributed by atoms with E-state index >= 15 is 0 Å². The molecule has 1 fully saturated rings. The van der Waals surface area contributed by atoms with Gasteiger partial charge in [-0.2, -0.15) is 0 Å². The van der Waals surface area contributed by atoms with Crippen molar-refractivity contribution in [3.8, 4) is 5.75 Å². The van der Waals surface area contributed by atoms with E-state index in [1.165, 1.54) is 5.69 Å². The predicted octanol–water partition coefficient (Wildman–Crippen LogP) is 3.87. The molecule has 0 aliphatic carbocycles. The van der Waals surface area contributed by atoms with Crippen molar-refractivity contribution < 1.29 is 9.53 Å². The van der Waals surface area contributed by atoms with Crippen molar-refractivity contribution in [3.05, 3.63) is 70.5 Å². The van der Waals surface area contributed by atoms with E-state index in [1.807, 2.05) is 48.2 Å². The summed E-state index contributed by atoms with van der Waals surface area (Å²) in [6, 6.07) is 17.8. The number of pyridine rings is 1. The van der Waals surface area contributed by atoms with Crippen LogP contribution in [0.5, 0.6) is 5.75 Å². The lowest BCUT2D eigenvalue weighted by molar-refractivity contribution is -0.133. The maximum Gasteiger partial charge on any atom is 0.260 e. The topological polar surface area (TPSA) is 54.8 Å². The third kappa shape index (κ3) is 4.49. The summed E-state index contributed by atoms with van der Waals surface area (Å²) < 4.78 is 7.61. The zero-order valence-electron chi connectivity index (χ0n) is 19.1. The number of hydrogen-bond donors (Lipinski definition) is 0. The van der Waals surface area contributed by atoms with Gasteiger partial charge in [-0.05, 0) is 42.7 Å². The van der Waals surface area contributed by atoms with Crippen LogP contribution in [0.2, 0.25) is 0 Å². The Hall–Kier alpha value is -3.28. The minimum atomic E-state index is -0.0124. The maximum atomic E-state index is 12.7. The van der Waals surface area contributed by atoms with Crippen molar-refractivity contribution in [1.82, 2.24) is 9.47 Å². The number of fused-ring (bicyclic) bond motifs is 1. The Balaban J connectivity index is 1.43. The Morgan fingerprint density at radius 2 is 1.72 bits per heavy atom. The molecule has 0 unspecified atom stereocenters. The fourth-order valence-electron chi connectivity index (χ4n) is 4.37. The lowest BCUT2D eigenvalue weighted by Crippen LogP contribution is -2.50. The van der Waals surface area contributed by atoms with Crippen molar-refractivity contribution in [3.63, 3.8) is 0 Å². The third-order valence-corrected chi connectivity index (χ3v) is 6.17. The molecule has 0 N–H and O–H groups in total. The van der Waals surface area contributed by atoms with E-state index in [-0.39, 0.29) is 24.0 Å². The van der Waals surface area contributed by atoms with Gasteiger partial charge < -0.3 is 19.1 Å². The summed E-state index contributed by atoms with van der Waals surface area (Å²) in [6.45, 7) is 9.71. The average molecular weight is 434 g/mol. The molecule has 0 spiro atoms. The van der Waals surface area contributed by atoms with Gasteiger partial charge in [0.1, 0.15) is 5.75 Å². The molecule has 0 atom stereocenters. The third-order valence-electron chi connectivity index (χ3n) is 6.17. The van der Waals surface area contributed by atoms with Crippen LogP contribution in [0, 0.1) is 0 Å². The van der Waals surface area contributed by atoms with Gasteiger partial charge in [0, 0.05) is 55.9 Å². The number of amides is 1. The minimum Gasteiger partial charge on any atom is -0.484 e. The van der Waals surface area contributed by atoms with E-state index in [2.05, 4.69) is 30.9 Å². The van der Waals surface area contributed by atoms with Crippen LogP contribution in [0.4, 0.5) is 5.69 Å².